The predicted molar refractivity (Wildman–Crippen MR) is 265 cm³/mol. The van der Waals surface area contributed by atoms with E-state index in [0.29, 0.717) is 17.9 Å². The Bertz CT molecular complexity index is 1530. The van der Waals surface area contributed by atoms with Crippen LogP contribution < -0.4 is 26.6 Å². The fourth-order valence-electron chi connectivity index (χ4n) is 6.43. The van der Waals surface area contributed by atoms with Gasteiger partial charge in [-0.2, -0.15) is 23.5 Å². The maximum atomic E-state index is 13.2. The molecule has 0 spiro atoms. The minimum absolute atomic E-state index is 0.109. The number of ether oxygens (including phenoxy) is 3. The minimum Gasteiger partial charge on any atom is -0.480 e. The zero-order valence-corrected chi connectivity index (χ0v) is 44.0. The standard InChI is InChI=1S/C29H53N5O9S.C15H31N5O3S/c1-21(2)41-25(38)32-13-11-31(20-23(35)30-22(24(36)37)10-19-44-9)12-14-33(26(39)42-28(3,4)5)17-18-34(16-15-32)27(40)43-29(6,7)8;1-24-11-2-13(15(22)23)19-14(21)12-20-9-7-17-5-3-16-4-6-18-8-10-20/h21-22H,10-20H2,1-9H3,(H,30,35)(H,36,37);13,16-18H,2-12H2,1H3,(H,19,21)(H,22,23). The smallest absolute Gasteiger partial charge is 0.410 e. The van der Waals surface area contributed by atoms with Crippen LogP contribution in [0.3, 0.4) is 0 Å². The van der Waals surface area contributed by atoms with E-state index >= 15 is 0 Å². The van der Waals surface area contributed by atoms with E-state index in [1.807, 2.05) is 12.5 Å². The summed E-state index contributed by atoms with van der Waals surface area (Å²) >= 11 is 3.06. The Morgan fingerprint density at radius 3 is 1.18 bits per heavy atom. The van der Waals surface area contributed by atoms with E-state index in [1.54, 1.807) is 72.1 Å². The molecule has 0 aliphatic carbocycles. The molecule has 0 aromatic rings. The van der Waals surface area contributed by atoms with Crippen molar-refractivity contribution in [1.29, 1.82) is 0 Å². The lowest BCUT2D eigenvalue weighted by Crippen LogP contribution is -2.52. The van der Waals surface area contributed by atoms with Crippen molar-refractivity contribution in [2.24, 2.45) is 0 Å². The van der Waals surface area contributed by atoms with Gasteiger partial charge in [-0.3, -0.25) is 19.4 Å². The number of hydrogen-bond donors (Lipinski definition) is 7. The fourth-order valence-corrected chi connectivity index (χ4v) is 7.38. The minimum atomic E-state index is -1.12. The summed E-state index contributed by atoms with van der Waals surface area (Å²) < 4.78 is 16.6. The Kier molecular flexibility index (Phi) is 30.8. The number of rotatable bonds is 15. The highest BCUT2D eigenvalue weighted by Gasteiger charge is 2.30. The third kappa shape index (κ3) is 29.9. The van der Waals surface area contributed by atoms with Crippen LogP contribution in [0.2, 0.25) is 0 Å². The second-order valence-corrected chi connectivity index (χ2v) is 20.6. The average Bonchev–Trinajstić information content (AvgIpc) is 3.21. The summed E-state index contributed by atoms with van der Waals surface area (Å²) in [5.74, 6) is -1.52. The van der Waals surface area contributed by atoms with Gasteiger partial charge in [-0.1, -0.05) is 0 Å². The number of carbonyl (C=O) groups excluding carboxylic acids is 5. The molecular formula is C44H84N10O12S2. The maximum absolute atomic E-state index is 13.2. The third-order valence-electron chi connectivity index (χ3n) is 9.94. The molecule has 0 saturated carbocycles. The Hall–Kier alpha value is -3.81. The van der Waals surface area contributed by atoms with Crippen LogP contribution in [-0.2, 0) is 33.4 Å². The molecule has 2 rings (SSSR count). The first kappa shape index (κ1) is 62.2. The summed E-state index contributed by atoms with van der Waals surface area (Å²) in [6, 6.07) is -1.84. The van der Waals surface area contributed by atoms with Crippen LogP contribution >= 0.6 is 23.5 Å². The first-order valence-corrected chi connectivity index (χ1v) is 26.2. The lowest BCUT2D eigenvalue weighted by Gasteiger charge is -2.35. The molecule has 0 bridgehead atoms. The fraction of sp³-hybridized carbons (Fsp3) is 0.841. The summed E-state index contributed by atoms with van der Waals surface area (Å²) in [6.07, 6.45) is 2.41. The monoisotopic (exact) mass is 1010 g/mol. The van der Waals surface area contributed by atoms with Gasteiger partial charge in [0, 0.05) is 105 Å². The molecule has 2 atom stereocenters. The third-order valence-corrected chi connectivity index (χ3v) is 11.2. The molecule has 0 aromatic carbocycles. The lowest BCUT2D eigenvalue weighted by atomic mass is 10.2. The molecule has 24 heteroatoms. The highest BCUT2D eigenvalue weighted by Crippen LogP contribution is 2.14. The molecule has 2 fully saturated rings. The topological polar surface area (TPSA) is 264 Å². The largest absolute Gasteiger partial charge is 0.480 e. The van der Waals surface area contributed by atoms with Crippen LogP contribution in [0.25, 0.3) is 0 Å². The first-order chi connectivity index (χ1) is 31.9. The van der Waals surface area contributed by atoms with Crippen LogP contribution in [0.5, 0.6) is 0 Å². The van der Waals surface area contributed by atoms with Crippen molar-refractivity contribution in [2.45, 2.75) is 97.6 Å². The molecule has 5 amide bonds. The Morgan fingerprint density at radius 1 is 0.529 bits per heavy atom. The normalized spacial score (nSPS) is 17.8. The number of carbonyl (C=O) groups is 7. The van der Waals surface area contributed by atoms with Crippen molar-refractivity contribution < 1.29 is 58.0 Å². The van der Waals surface area contributed by atoms with Gasteiger partial charge in [0.2, 0.25) is 11.8 Å². The maximum Gasteiger partial charge on any atom is 0.410 e. The van der Waals surface area contributed by atoms with Crippen LogP contribution in [0.15, 0.2) is 0 Å². The summed E-state index contributed by atoms with van der Waals surface area (Å²) in [5, 5.41) is 34.0. The van der Waals surface area contributed by atoms with E-state index in [-0.39, 0.29) is 83.9 Å². The van der Waals surface area contributed by atoms with Gasteiger partial charge < -0.3 is 65.7 Å². The second-order valence-electron chi connectivity index (χ2n) is 18.6. The molecule has 2 saturated heterocycles. The van der Waals surface area contributed by atoms with Crippen molar-refractivity contribution in [1.82, 2.24) is 51.1 Å². The van der Waals surface area contributed by atoms with E-state index in [2.05, 4.69) is 31.5 Å². The van der Waals surface area contributed by atoms with Crippen molar-refractivity contribution in [3.05, 3.63) is 0 Å². The van der Waals surface area contributed by atoms with E-state index in [9.17, 15) is 43.8 Å². The Balaban J connectivity index is 0.000000809. The van der Waals surface area contributed by atoms with Gasteiger partial charge in [0.15, 0.2) is 0 Å². The van der Waals surface area contributed by atoms with Crippen LogP contribution in [-0.4, -0.2) is 248 Å². The second kappa shape index (κ2) is 33.7. The molecule has 7 N–H and O–H groups in total. The molecule has 394 valence electrons. The number of nitrogens with one attached hydrogen (secondary N) is 5. The van der Waals surface area contributed by atoms with Crippen molar-refractivity contribution in [2.75, 3.05) is 142 Å². The van der Waals surface area contributed by atoms with Crippen LogP contribution in [0.4, 0.5) is 14.4 Å². The predicted octanol–water partition coefficient (Wildman–Crippen LogP) is 1.34. The van der Waals surface area contributed by atoms with Gasteiger partial charge in [0.25, 0.3) is 0 Å². The molecule has 2 unspecified atom stereocenters. The molecular weight excluding hydrogens is 925 g/mol. The number of aliphatic carboxylic acids is 2. The first-order valence-electron chi connectivity index (χ1n) is 23.4. The molecule has 22 nitrogen and oxygen atoms in total. The number of thioether (sulfide) groups is 2. The van der Waals surface area contributed by atoms with Crippen molar-refractivity contribution in [3.8, 4) is 0 Å². The van der Waals surface area contributed by atoms with Gasteiger partial charge in [-0.15, -0.1) is 0 Å². The summed E-state index contributed by atoms with van der Waals surface area (Å²) in [4.78, 5) is 95.5. The summed E-state index contributed by atoms with van der Waals surface area (Å²) in [6.45, 7) is 22.1. The highest BCUT2D eigenvalue weighted by atomic mass is 32.2. The number of carboxylic acid groups (broad SMARTS) is 2. The van der Waals surface area contributed by atoms with Crippen LogP contribution in [0, 0.1) is 0 Å². The molecule has 68 heavy (non-hydrogen) atoms. The number of nitrogens with zero attached hydrogens (tertiary/aromatic N) is 5. The van der Waals surface area contributed by atoms with Gasteiger partial charge in [-0.25, -0.2) is 24.0 Å². The number of carboxylic acids is 2. The van der Waals surface area contributed by atoms with Gasteiger partial charge >= 0.3 is 30.2 Å². The SMILES string of the molecule is CSCCC(NC(=O)CN1CCN(C(=O)OC(C)C)CCN(C(=O)OC(C)(C)C)CCN(C(=O)OC(C)(C)C)CC1)C(=O)O.CSCCC(NC(=O)CN1CCNCCNCCNCC1)C(=O)O. The molecule has 2 heterocycles. The Morgan fingerprint density at radius 2 is 0.853 bits per heavy atom. The summed E-state index contributed by atoms with van der Waals surface area (Å²) in [7, 11) is 0. The van der Waals surface area contributed by atoms with Gasteiger partial charge in [0.1, 0.15) is 23.3 Å². The zero-order chi connectivity index (χ0) is 51.3. The number of amides is 5. The van der Waals surface area contributed by atoms with Gasteiger partial charge in [0.05, 0.1) is 19.2 Å². The lowest BCUT2D eigenvalue weighted by molar-refractivity contribution is -0.142. The highest BCUT2D eigenvalue weighted by molar-refractivity contribution is 7.98. The molecule has 0 aromatic heterocycles. The van der Waals surface area contributed by atoms with E-state index in [1.165, 1.54) is 26.5 Å². The molecule has 2 aliphatic rings. The van der Waals surface area contributed by atoms with E-state index in [0.717, 1.165) is 52.4 Å². The van der Waals surface area contributed by atoms with Crippen molar-refractivity contribution in [3.63, 3.8) is 0 Å². The van der Waals surface area contributed by atoms with E-state index in [4.69, 9.17) is 14.2 Å². The average molecular weight is 1010 g/mol. The van der Waals surface area contributed by atoms with Crippen LogP contribution in [0.1, 0.15) is 68.2 Å². The molecule has 0 radical (unpaired) electrons. The number of hydrogen-bond acceptors (Lipinski definition) is 17. The zero-order valence-electron chi connectivity index (χ0n) is 42.3. The van der Waals surface area contributed by atoms with Gasteiger partial charge in [-0.05, 0) is 92.2 Å². The quantitative estimate of drug-likeness (QED) is 0.114. The van der Waals surface area contributed by atoms with E-state index < -0.39 is 59.4 Å². The summed E-state index contributed by atoms with van der Waals surface area (Å²) in [5.41, 5.74) is -1.51. The van der Waals surface area contributed by atoms with Crippen molar-refractivity contribution >= 4 is 65.6 Å². The Labute approximate surface area is 412 Å². The molecule has 2 aliphatic heterocycles.